The standard InChI is InChI=1S/C26H27Cl2N3O3/c1-30-23-10-6-19(13-24(23)31(2)26(30)33)25(32)16-34-21-8-3-17(4-9-21)15-29-12-11-18-5-7-20(27)14-22(18)28/h3-10,13-14,25,29,32H,11-12,15-16H2,1-2H3. The molecular weight excluding hydrogens is 473 g/mol. The maximum Gasteiger partial charge on any atom is 0.328 e. The number of rotatable bonds is 9. The summed E-state index contributed by atoms with van der Waals surface area (Å²) in [6.45, 7) is 1.64. The van der Waals surface area contributed by atoms with Gasteiger partial charge < -0.3 is 15.2 Å². The summed E-state index contributed by atoms with van der Waals surface area (Å²) in [5.41, 5.74) is 4.40. The van der Waals surface area contributed by atoms with Crippen molar-refractivity contribution in [1.29, 1.82) is 0 Å². The number of hydrogen-bond donors (Lipinski definition) is 2. The first-order valence-electron chi connectivity index (χ1n) is 11.0. The molecule has 0 aliphatic heterocycles. The lowest BCUT2D eigenvalue weighted by Crippen LogP contribution is -2.19. The van der Waals surface area contributed by atoms with E-state index in [0.717, 1.165) is 41.7 Å². The van der Waals surface area contributed by atoms with Gasteiger partial charge in [-0.15, -0.1) is 0 Å². The molecule has 0 bridgehead atoms. The SMILES string of the molecule is Cn1c(=O)n(C)c2cc(C(O)COc3ccc(CNCCc4ccc(Cl)cc4Cl)cc3)ccc21. The summed E-state index contributed by atoms with van der Waals surface area (Å²) in [5.74, 6) is 0.684. The molecule has 0 saturated heterocycles. The molecule has 1 aromatic heterocycles. The van der Waals surface area contributed by atoms with E-state index in [1.807, 2.05) is 54.6 Å². The second-order valence-corrected chi connectivity index (χ2v) is 9.13. The summed E-state index contributed by atoms with van der Waals surface area (Å²) < 4.78 is 8.95. The van der Waals surface area contributed by atoms with Crippen LogP contribution in [-0.4, -0.2) is 27.4 Å². The highest BCUT2D eigenvalue weighted by atomic mass is 35.5. The maximum absolute atomic E-state index is 12.1. The van der Waals surface area contributed by atoms with Crippen LogP contribution in [0.4, 0.5) is 0 Å². The average Bonchev–Trinajstić information content (AvgIpc) is 3.05. The van der Waals surface area contributed by atoms with Crippen LogP contribution in [-0.2, 0) is 27.1 Å². The Bertz CT molecular complexity index is 1350. The molecule has 0 saturated carbocycles. The number of nitrogens with one attached hydrogen (secondary N) is 1. The van der Waals surface area contributed by atoms with Crippen LogP contribution in [0.2, 0.25) is 10.0 Å². The van der Waals surface area contributed by atoms with Crippen LogP contribution < -0.4 is 15.7 Å². The van der Waals surface area contributed by atoms with Crippen molar-refractivity contribution >= 4 is 34.2 Å². The molecule has 6 nitrogen and oxygen atoms in total. The molecule has 2 N–H and O–H groups in total. The topological polar surface area (TPSA) is 68.4 Å². The van der Waals surface area contributed by atoms with Gasteiger partial charge in [-0.05, 0) is 66.1 Å². The van der Waals surface area contributed by atoms with Crippen LogP contribution in [0.5, 0.6) is 5.75 Å². The van der Waals surface area contributed by atoms with Crippen molar-refractivity contribution < 1.29 is 9.84 Å². The lowest BCUT2D eigenvalue weighted by Gasteiger charge is -2.14. The van der Waals surface area contributed by atoms with Crippen LogP contribution in [0.3, 0.4) is 0 Å². The fourth-order valence-electron chi connectivity index (χ4n) is 3.89. The Morgan fingerprint density at radius 2 is 1.71 bits per heavy atom. The maximum atomic E-state index is 12.1. The molecule has 0 amide bonds. The van der Waals surface area contributed by atoms with Crippen molar-refractivity contribution in [3.8, 4) is 5.75 Å². The van der Waals surface area contributed by atoms with Crippen LogP contribution in [0, 0.1) is 0 Å². The summed E-state index contributed by atoms with van der Waals surface area (Å²) >= 11 is 12.2. The van der Waals surface area contributed by atoms with E-state index in [1.54, 1.807) is 29.3 Å². The molecule has 34 heavy (non-hydrogen) atoms. The summed E-state index contributed by atoms with van der Waals surface area (Å²) in [6, 6.07) is 18.8. The number of ether oxygens (including phenoxy) is 1. The summed E-state index contributed by atoms with van der Waals surface area (Å²) in [7, 11) is 3.46. The molecule has 1 heterocycles. The van der Waals surface area contributed by atoms with Crippen molar-refractivity contribution in [2.45, 2.75) is 19.1 Å². The van der Waals surface area contributed by atoms with Gasteiger partial charge in [-0.25, -0.2) is 4.79 Å². The van der Waals surface area contributed by atoms with Gasteiger partial charge in [0.25, 0.3) is 0 Å². The minimum Gasteiger partial charge on any atom is -0.491 e. The Balaban J connectivity index is 1.27. The van der Waals surface area contributed by atoms with E-state index < -0.39 is 6.10 Å². The van der Waals surface area contributed by atoms with Gasteiger partial charge in [-0.3, -0.25) is 9.13 Å². The number of nitrogens with zero attached hydrogens (tertiary/aromatic N) is 2. The molecule has 178 valence electrons. The molecule has 0 fully saturated rings. The monoisotopic (exact) mass is 499 g/mol. The number of fused-ring (bicyclic) bond motifs is 1. The zero-order valence-corrected chi connectivity index (χ0v) is 20.6. The van der Waals surface area contributed by atoms with E-state index in [0.29, 0.717) is 21.4 Å². The van der Waals surface area contributed by atoms with Crippen molar-refractivity contribution in [1.82, 2.24) is 14.5 Å². The van der Waals surface area contributed by atoms with Crippen LogP contribution in [0.25, 0.3) is 11.0 Å². The number of aryl methyl sites for hydroxylation is 2. The van der Waals surface area contributed by atoms with Gasteiger partial charge in [0.15, 0.2) is 0 Å². The number of imidazole rings is 1. The van der Waals surface area contributed by atoms with Crippen LogP contribution >= 0.6 is 23.2 Å². The molecule has 4 aromatic rings. The van der Waals surface area contributed by atoms with Gasteiger partial charge >= 0.3 is 5.69 Å². The minimum atomic E-state index is -0.805. The molecule has 1 unspecified atom stereocenters. The van der Waals surface area contributed by atoms with Crippen LogP contribution in [0.1, 0.15) is 22.8 Å². The average molecular weight is 500 g/mol. The molecule has 1 atom stereocenters. The zero-order valence-electron chi connectivity index (χ0n) is 19.1. The largest absolute Gasteiger partial charge is 0.491 e. The van der Waals surface area contributed by atoms with Gasteiger partial charge in [0.05, 0.1) is 11.0 Å². The Hall–Kier alpha value is -2.77. The van der Waals surface area contributed by atoms with Gasteiger partial charge in [-0.1, -0.05) is 47.5 Å². The van der Waals surface area contributed by atoms with Crippen molar-refractivity contribution in [3.63, 3.8) is 0 Å². The van der Waals surface area contributed by atoms with E-state index in [-0.39, 0.29) is 12.3 Å². The van der Waals surface area contributed by atoms with Gasteiger partial charge in [-0.2, -0.15) is 0 Å². The number of aliphatic hydroxyl groups excluding tert-OH is 1. The third-order valence-corrected chi connectivity index (χ3v) is 6.51. The molecule has 0 aliphatic carbocycles. The Labute approximate surface area is 208 Å². The Morgan fingerprint density at radius 3 is 2.44 bits per heavy atom. The lowest BCUT2D eigenvalue weighted by molar-refractivity contribution is 0.108. The van der Waals surface area contributed by atoms with Crippen molar-refractivity contribution in [2.75, 3.05) is 13.2 Å². The van der Waals surface area contributed by atoms with E-state index in [2.05, 4.69) is 5.32 Å². The Kier molecular flexibility index (Phi) is 7.63. The van der Waals surface area contributed by atoms with E-state index in [4.69, 9.17) is 27.9 Å². The lowest BCUT2D eigenvalue weighted by atomic mass is 10.1. The summed E-state index contributed by atoms with van der Waals surface area (Å²) in [4.78, 5) is 12.1. The Morgan fingerprint density at radius 1 is 0.971 bits per heavy atom. The molecule has 3 aromatic carbocycles. The fourth-order valence-corrected chi connectivity index (χ4v) is 4.39. The summed E-state index contributed by atoms with van der Waals surface area (Å²) in [6.07, 6.45) is 0.0126. The number of aliphatic hydroxyl groups is 1. The van der Waals surface area contributed by atoms with E-state index >= 15 is 0 Å². The number of halogens is 2. The second kappa shape index (κ2) is 10.7. The van der Waals surface area contributed by atoms with Gasteiger partial charge in [0.2, 0.25) is 0 Å². The molecule has 8 heteroatoms. The summed E-state index contributed by atoms with van der Waals surface area (Å²) in [5, 5.41) is 15.3. The molecular formula is C26H27Cl2N3O3. The van der Waals surface area contributed by atoms with E-state index in [9.17, 15) is 9.90 Å². The van der Waals surface area contributed by atoms with Crippen molar-refractivity contribution in [3.05, 3.63) is 97.9 Å². The first-order chi connectivity index (χ1) is 16.3. The number of aromatic nitrogens is 2. The van der Waals surface area contributed by atoms with Crippen molar-refractivity contribution in [2.24, 2.45) is 14.1 Å². The fraction of sp³-hybridized carbons (Fsp3) is 0.269. The molecule has 0 spiro atoms. The highest BCUT2D eigenvalue weighted by molar-refractivity contribution is 6.35. The smallest absolute Gasteiger partial charge is 0.328 e. The third kappa shape index (κ3) is 5.47. The first kappa shape index (κ1) is 24.4. The molecule has 0 radical (unpaired) electrons. The van der Waals surface area contributed by atoms with Gasteiger partial charge in [0, 0.05) is 30.7 Å². The highest BCUT2D eigenvalue weighted by Crippen LogP contribution is 2.22. The molecule has 0 aliphatic rings. The zero-order chi connectivity index (χ0) is 24.2. The number of hydrogen-bond acceptors (Lipinski definition) is 4. The van der Waals surface area contributed by atoms with Crippen LogP contribution in [0.15, 0.2) is 65.5 Å². The second-order valence-electron chi connectivity index (χ2n) is 8.28. The van der Waals surface area contributed by atoms with Gasteiger partial charge in [0.1, 0.15) is 18.5 Å². The first-order valence-corrected chi connectivity index (χ1v) is 11.8. The predicted octanol–water partition coefficient (Wildman–Crippen LogP) is 4.63. The molecule has 4 rings (SSSR count). The normalized spacial score (nSPS) is 12.3. The number of benzene rings is 3. The third-order valence-electron chi connectivity index (χ3n) is 5.93. The quantitative estimate of drug-likeness (QED) is 0.329. The predicted molar refractivity (Wildman–Crippen MR) is 137 cm³/mol. The highest BCUT2D eigenvalue weighted by Gasteiger charge is 2.13. The van der Waals surface area contributed by atoms with E-state index in [1.165, 1.54) is 0 Å². The minimum absolute atomic E-state index is 0.0961.